The average Bonchev–Trinajstić information content (AvgIpc) is 2.04. The summed E-state index contributed by atoms with van der Waals surface area (Å²) in [6, 6.07) is 0.590. The second-order valence-electron chi connectivity index (χ2n) is 4.28. The molecule has 0 aliphatic carbocycles. The van der Waals surface area contributed by atoms with Crippen molar-refractivity contribution in [2.24, 2.45) is 16.9 Å². The summed E-state index contributed by atoms with van der Waals surface area (Å²) in [6.45, 7) is 8.90. The minimum Gasteiger partial charge on any atom is -0.307 e. The third-order valence-corrected chi connectivity index (χ3v) is 2.56. The second-order valence-corrected chi connectivity index (χ2v) is 4.28. The average molecular weight is 168 g/mol. The van der Waals surface area contributed by atoms with E-state index in [2.05, 4.69) is 38.2 Å². The molecule has 0 aromatic heterocycles. The Morgan fingerprint density at radius 3 is 2.33 bits per heavy atom. The molecule has 0 aromatic carbocycles. The lowest BCUT2D eigenvalue weighted by Gasteiger charge is -2.26. The highest BCUT2D eigenvalue weighted by Crippen LogP contribution is 2.16. The summed E-state index contributed by atoms with van der Waals surface area (Å²) in [5.74, 6) is 1.30. The predicted octanol–water partition coefficient (Wildman–Crippen LogP) is 2.41. The van der Waals surface area contributed by atoms with Crippen molar-refractivity contribution < 1.29 is 0 Å². The van der Waals surface area contributed by atoms with Gasteiger partial charge in [0.25, 0.3) is 0 Å². The highest BCUT2D eigenvalue weighted by atomic mass is 15.3. The molecule has 12 heavy (non-hydrogen) atoms. The molecule has 2 nitrogen and oxygen atoms in total. The van der Waals surface area contributed by atoms with E-state index in [0.717, 1.165) is 0 Å². The smallest absolute Gasteiger partial charge is 0.0466 e. The van der Waals surface area contributed by atoms with Crippen molar-refractivity contribution >= 4 is 5.71 Å². The fourth-order valence-corrected chi connectivity index (χ4v) is 1.49. The largest absolute Gasteiger partial charge is 0.307 e. The molecule has 0 radical (unpaired) electrons. The molecule has 0 saturated carbocycles. The number of hydrogen-bond acceptors (Lipinski definition) is 2. The molecule has 1 atom stereocenters. The van der Waals surface area contributed by atoms with Crippen LogP contribution < -0.4 is 5.43 Å². The van der Waals surface area contributed by atoms with Crippen molar-refractivity contribution in [3.05, 3.63) is 0 Å². The van der Waals surface area contributed by atoms with E-state index < -0.39 is 0 Å². The first-order valence-electron chi connectivity index (χ1n) is 4.93. The lowest BCUT2D eigenvalue weighted by Crippen LogP contribution is -2.36. The molecule has 0 aromatic rings. The van der Waals surface area contributed by atoms with E-state index in [1.807, 2.05) is 0 Å². The minimum atomic E-state index is 0.590. The molecule has 2 heteroatoms. The van der Waals surface area contributed by atoms with E-state index in [-0.39, 0.29) is 0 Å². The van der Waals surface area contributed by atoms with Crippen molar-refractivity contribution in [2.45, 2.75) is 46.6 Å². The highest BCUT2D eigenvalue weighted by molar-refractivity contribution is 5.86. The molecule has 1 aliphatic rings. The molecule has 0 spiro atoms. The van der Waals surface area contributed by atoms with Crippen molar-refractivity contribution in [1.29, 1.82) is 0 Å². The maximum atomic E-state index is 4.40. The van der Waals surface area contributed by atoms with Crippen LogP contribution in [0, 0.1) is 11.8 Å². The first-order chi connectivity index (χ1) is 5.61. The molecule has 1 unspecified atom stereocenters. The van der Waals surface area contributed by atoms with Gasteiger partial charge in [-0.25, -0.2) is 0 Å². The zero-order chi connectivity index (χ0) is 9.14. The van der Waals surface area contributed by atoms with Gasteiger partial charge in [-0.15, -0.1) is 0 Å². The standard InChI is InChI=1S/C10H20N2/c1-7(2)9-5-6-10(8(3)4)12-11-9/h7-9,11H,5-6H2,1-4H3. The second kappa shape index (κ2) is 3.92. The molecule has 0 bridgehead atoms. The first kappa shape index (κ1) is 9.56. The summed E-state index contributed by atoms with van der Waals surface area (Å²) in [4.78, 5) is 0. The molecule has 1 N–H and O–H groups in total. The summed E-state index contributed by atoms with van der Waals surface area (Å²) in [5.41, 5.74) is 4.56. The molecular weight excluding hydrogens is 148 g/mol. The van der Waals surface area contributed by atoms with E-state index >= 15 is 0 Å². The highest BCUT2D eigenvalue weighted by Gasteiger charge is 2.19. The Balaban J connectivity index is 2.47. The number of nitrogens with zero attached hydrogens (tertiary/aromatic N) is 1. The van der Waals surface area contributed by atoms with E-state index in [0.29, 0.717) is 17.9 Å². The molecule has 1 aliphatic heterocycles. The van der Waals surface area contributed by atoms with Crippen LogP contribution in [0.25, 0.3) is 0 Å². The van der Waals surface area contributed by atoms with Crippen LogP contribution in [0.4, 0.5) is 0 Å². The third-order valence-electron chi connectivity index (χ3n) is 2.56. The van der Waals surface area contributed by atoms with Crippen molar-refractivity contribution in [2.75, 3.05) is 0 Å². The van der Waals surface area contributed by atoms with Gasteiger partial charge in [-0.1, -0.05) is 27.7 Å². The molecule has 0 amide bonds. The van der Waals surface area contributed by atoms with Crippen LogP contribution in [-0.4, -0.2) is 11.8 Å². The van der Waals surface area contributed by atoms with Crippen LogP contribution in [0.15, 0.2) is 5.10 Å². The molecule has 0 fully saturated rings. The Labute approximate surface area is 75.4 Å². The summed E-state index contributed by atoms with van der Waals surface area (Å²) >= 11 is 0. The Hall–Kier alpha value is -0.530. The van der Waals surface area contributed by atoms with Gasteiger partial charge in [-0.2, -0.15) is 5.10 Å². The Morgan fingerprint density at radius 2 is 2.00 bits per heavy atom. The SMILES string of the molecule is CC(C)C1=NNC(C(C)C)CC1. The van der Waals surface area contributed by atoms with Crippen LogP contribution in [-0.2, 0) is 0 Å². The molecule has 70 valence electrons. The van der Waals surface area contributed by atoms with Crippen LogP contribution in [0.1, 0.15) is 40.5 Å². The topological polar surface area (TPSA) is 24.4 Å². The van der Waals surface area contributed by atoms with Gasteiger partial charge in [-0.05, 0) is 24.7 Å². The van der Waals surface area contributed by atoms with Gasteiger partial charge >= 0.3 is 0 Å². The Bertz CT molecular complexity index is 171. The predicted molar refractivity (Wildman–Crippen MR) is 53.3 cm³/mol. The zero-order valence-electron chi connectivity index (χ0n) is 8.59. The summed E-state index contributed by atoms with van der Waals surface area (Å²) in [5, 5.41) is 4.40. The van der Waals surface area contributed by atoms with Crippen LogP contribution in [0.5, 0.6) is 0 Å². The van der Waals surface area contributed by atoms with E-state index in [4.69, 9.17) is 0 Å². The third kappa shape index (κ3) is 2.23. The number of hydrazone groups is 1. The molecule has 1 heterocycles. The van der Waals surface area contributed by atoms with Crippen molar-refractivity contribution in [1.82, 2.24) is 5.43 Å². The Kier molecular flexibility index (Phi) is 3.12. The summed E-state index contributed by atoms with van der Waals surface area (Å²) < 4.78 is 0. The maximum absolute atomic E-state index is 4.40. The van der Waals surface area contributed by atoms with E-state index in [1.54, 1.807) is 0 Å². The lowest BCUT2D eigenvalue weighted by molar-refractivity contribution is 0.373. The van der Waals surface area contributed by atoms with Gasteiger partial charge < -0.3 is 5.43 Å². The van der Waals surface area contributed by atoms with Crippen LogP contribution in [0.2, 0.25) is 0 Å². The van der Waals surface area contributed by atoms with Gasteiger partial charge in [0.05, 0.1) is 0 Å². The minimum absolute atomic E-state index is 0.590. The quantitative estimate of drug-likeness (QED) is 0.672. The van der Waals surface area contributed by atoms with Gasteiger partial charge in [-0.3, -0.25) is 0 Å². The van der Waals surface area contributed by atoms with Gasteiger partial charge in [0.2, 0.25) is 0 Å². The van der Waals surface area contributed by atoms with Gasteiger partial charge in [0.1, 0.15) is 0 Å². The van der Waals surface area contributed by atoms with Crippen molar-refractivity contribution in [3.63, 3.8) is 0 Å². The zero-order valence-corrected chi connectivity index (χ0v) is 8.59. The summed E-state index contributed by atoms with van der Waals surface area (Å²) in [6.07, 6.45) is 2.42. The van der Waals surface area contributed by atoms with Crippen LogP contribution in [0.3, 0.4) is 0 Å². The number of rotatable bonds is 2. The fraction of sp³-hybridized carbons (Fsp3) is 0.900. The van der Waals surface area contributed by atoms with Crippen LogP contribution >= 0.6 is 0 Å². The van der Waals surface area contributed by atoms with E-state index in [1.165, 1.54) is 18.6 Å². The van der Waals surface area contributed by atoms with Crippen molar-refractivity contribution in [3.8, 4) is 0 Å². The normalized spacial score (nSPS) is 24.2. The lowest BCUT2D eigenvalue weighted by atomic mass is 9.94. The number of hydrogen-bond donors (Lipinski definition) is 1. The fourth-order valence-electron chi connectivity index (χ4n) is 1.49. The Morgan fingerprint density at radius 1 is 1.33 bits per heavy atom. The number of nitrogens with one attached hydrogen (secondary N) is 1. The first-order valence-corrected chi connectivity index (χ1v) is 4.93. The molecule has 0 saturated heterocycles. The van der Waals surface area contributed by atoms with E-state index in [9.17, 15) is 0 Å². The molecule has 1 rings (SSSR count). The van der Waals surface area contributed by atoms with Gasteiger partial charge in [0.15, 0.2) is 0 Å². The monoisotopic (exact) mass is 168 g/mol. The molecular formula is C10H20N2. The maximum Gasteiger partial charge on any atom is 0.0466 e. The summed E-state index contributed by atoms with van der Waals surface area (Å²) in [7, 11) is 0. The van der Waals surface area contributed by atoms with Gasteiger partial charge in [0, 0.05) is 11.8 Å².